The monoisotopic (exact) mass is 344 g/mol. The summed E-state index contributed by atoms with van der Waals surface area (Å²) >= 11 is 1.44. The van der Waals surface area contributed by atoms with Gasteiger partial charge in [0.2, 0.25) is 5.89 Å². The Morgan fingerprint density at radius 3 is 2.75 bits per heavy atom. The van der Waals surface area contributed by atoms with Gasteiger partial charge >= 0.3 is 5.69 Å². The van der Waals surface area contributed by atoms with Crippen molar-refractivity contribution in [3.63, 3.8) is 0 Å². The number of rotatable bonds is 5. The van der Waals surface area contributed by atoms with Crippen LogP contribution < -0.4 is 11.2 Å². The molecule has 8 heteroatoms. The minimum atomic E-state index is -0.527. The molecule has 0 amide bonds. The Hall–Kier alpha value is -2.61. The van der Waals surface area contributed by atoms with E-state index in [-0.39, 0.29) is 6.42 Å². The van der Waals surface area contributed by atoms with Crippen molar-refractivity contribution in [3.8, 4) is 0 Å². The highest BCUT2D eigenvalue weighted by molar-refractivity contribution is 7.98. The first-order chi connectivity index (χ1) is 11.5. The summed E-state index contributed by atoms with van der Waals surface area (Å²) in [6.07, 6.45) is 0.177. The lowest BCUT2D eigenvalue weighted by Gasteiger charge is -2.00. The van der Waals surface area contributed by atoms with Crippen LogP contribution >= 0.6 is 11.8 Å². The molecule has 0 aliphatic heterocycles. The van der Waals surface area contributed by atoms with E-state index in [0.29, 0.717) is 22.4 Å². The van der Waals surface area contributed by atoms with Crippen molar-refractivity contribution >= 4 is 11.8 Å². The van der Waals surface area contributed by atoms with Crippen LogP contribution in [0.5, 0.6) is 0 Å². The molecule has 0 atom stereocenters. The summed E-state index contributed by atoms with van der Waals surface area (Å²) < 4.78 is 5.58. The molecule has 0 radical (unpaired) electrons. The van der Waals surface area contributed by atoms with Gasteiger partial charge < -0.3 is 9.40 Å². The van der Waals surface area contributed by atoms with E-state index in [1.165, 1.54) is 22.9 Å². The highest BCUT2D eigenvalue weighted by Crippen LogP contribution is 2.22. The summed E-state index contributed by atoms with van der Waals surface area (Å²) in [6, 6.07) is 8.20. The van der Waals surface area contributed by atoms with Crippen molar-refractivity contribution in [2.45, 2.75) is 31.2 Å². The van der Waals surface area contributed by atoms with Crippen molar-refractivity contribution in [3.05, 3.63) is 73.4 Å². The van der Waals surface area contributed by atoms with Gasteiger partial charge in [0.05, 0.1) is 6.42 Å². The minimum Gasteiger partial charge on any atom is -0.416 e. The van der Waals surface area contributed by atoms with Gasteiger partial charge in [0.15, 0.2) is 0 Å². The average molecular weight is 344 g/mol. The van der Waals surface area contributed by atoms with E-state index < -0.39 is 11.2 Å². The summed E-state index contributed by atoms with van der Waals surface area (Å²) in [7, 11) is 0. The zero-order valence-corrected chi connectivity index (χ0v) is 14.1. The number of hydrogen-bond acceptors (Lipinski definition) is 6. The second kappa shape index (κ2) is 6.88. The predicted molar refractivity (Wildman–Crippen MR) is 90.3 cm³/mol. The minimum absolute atomic E-state index is 0.177. The van der Waals surface area contributed by atoms with Gasteiger partial charge in [0.25, 0.3) is 10.8 Å². The van der Waals surface area contributed by atoms with Gasteiger partial charge in [0.1, 0.15) is 0 Å². The van der Waals surface area contributed by atoms with Crippen LogP contribution in [0.15, 0.2) is 43.5 Å². The van der Waals surface area contributed by atoms with E-state index in [1.54, 1.807) is 6.92 Å². The number of benzene rings is 1. The first kappa shape index (κ1) is 16.3. The SMILES string of the molecule is Cc1cccc(CSc2nnc(Cc3c(C)[nH]c(=O)[nH]c3=O)o2)c1. The Morgan fingerprint density at radius 1 is 1.17 bits per heavy atom. The van der Waals surface area contributed by atoms with E-state index in [4.69, 9.17) is 4.42 Å². The summed E-state index contributed by atoms with van der Waals surface area (Å²) in [6.45, 7) is 3.71. The molecule has 0 aliphatic carbocycles. The van der Waals surface area contributed by atoms with Crippen molar-refractivity contribution < 1.29 is 4.42 Å². The number of aromatic amines is 2. The van der Waals surface area contributed by atoms with Gasteiger partial charge in [-0.3, -0.25) is 9.78 Å². The molecule has 3 rings (SSSR count). The third-order valence-electron chi connectivity index (χ3n) is 3.48. The lowest BCUT2D eigenvalue weighted by molar-refractivity contribution is 0.419. The number of nitrogens with zero attached hydrogens (tertiary/aromatic N) is 2. The number of hydrogen-bond donors (Lipinski definition) is 2. The Balaban J connectivity index is 1.70. The third-order valence-corrected chi connectivity index (χ3v) is 4.37. The van der Waals surface area contributed by atoms with Crippen LogP contribution in [0, 0.1) is 13.8 Å². The highest BCUT2D eigenvalue weighted by atomic mass is 32.2. The molecule has 2 N–H and O–H groups in total. The van der Waals surface area contributed by atoms with E-state index in [0.717, 1.165) is 5.75 Å². The quantitative estimate of drug-likeness (QED) is 0.686. The zero-order chi connectivity index (χ0) is 17.1. The Bertz CT molecular complexity index is 974. The summed E-state index contributed by atoms with van der Waals surface area (Å²) in [4.78, 5) is 27.8. The van der Waals surface area contributed by atoms with Gasteiger partial charge in [-0.2, -0.15) is 0 Å². The lowest BCUT2D eigenvalue weighted by atomic mass is 10.2. The fourth-order valence-corrected chi connectivity index (χ4v) is 3.03. The van der Waals surface area contributed by atoms with Crippen LogP contribution in [0.1, 0.15) is 28.3 Å². The van der Waals surface area contributed by atoms with Crippen LogP contribution in [0.4, 0.5) is 0 Å². The van der Waals surface area contributed by atoms with Crippen molar-refractivity contribution in [1.82, 2.24) is 20.2 Å². The average Bonchev–Trinajstić information content (AvgIpc) is 2.97. The van der Waals surface area contributed by atoms with Crippen LogP contribution in [0.3, 0.4) is 0 Å². The number of aryl methyl sites for hydroxylation is 2. The molecule has 0 bridgehead atoms. The normalized spacial score (nSPS) is 10.9. The molecule has 0 saturated carbocycles. The Morgan fingerprint density at radius 2 is 2.00 bits per heavy atom. The van der Waals surface area contributed by atoms with Gasteiger partial charge in [-0.1, -0.05) is 41.6 Å². The molecule has 3 aromatic rings. The fraction of sp³-hybridized carbons (Fsp3) is 0.250. The maximum absolute atomic E-state index is 11.8. The summed E-state index contributed by atoms with van der Waals surface area (Å²) in [5, 5.41) is 8.40. The maximum Gasteiger partial charge on any atom is 0.325 e. The standard InChI is InChI=1S/C16H16N4O3S/c1-9-4-3-5-11(6-9)8-24-16-20-19-13(23-16)7-12-10(2)17-15(22)18-14(12)21/h3-6H,7-8H2,1-2H3,(H2,17,18,21,22). The molecule has 124 valence electrons. The number of nitrogens with one attached hydrogen (secondary N) is 2. The number of thioether (sulfide) groups is 1. The number of H-pyrrole nitrogens is 2. The smallest absolute Gasteiger partial charge is 0.325 e. The second-order valence-electron chi connectivity index (χ2n) is 5.43. The Labute approximate surface area is 141 Å². The highest BCUT2D eigenvalue weighted by Gasteiger charge is 2.13. The molecular formula is C16H16N4O3S. The molecule has 1 aromatic carbocycles. The Kier molecular flexibility index (Phi) is 4.66. The third kappa shape index (κ3) is 3.83. The van der Waals surface area contributed by atoms with Crippen molar-refractivity contribution in [1.29, 1.82) is 0 Å². The molecule has 0 spiro atoms. The molecular weight excluding hydrogens is 328 g/mol. The molecule has 2 aromatic heterocycles. The molecule has 0 aliphatic rings. The van der Waals surface area contributed by atoms with Crippen molar-refractivity contribution in [2.75, 3.05) is 0 Å². The fourth-order valence-electron chi connectivity index (χ4n) is 2.30. The molecule has 24 heavy (non-hydrogen) atoms. The summed E-state index contributed by atoms with van der Waals surface area (Å²) in [5.41, 5.74) is 2.31. The van der Waals surface area contributed by atoms with Gasteiger partial charge in [-0.15, -0.1) is 10.2 Å². The van der Waals surface area contributed by atoms with Crippen LogP contribution in [-0.4, -0.2) is 20.2 Å². The second-order valence-corrected chi connectivity index (χ2v) is 6.35. The maximum atomic E-state index is 11.8. The van der Waals surface area contributed by atoms with E-state index in [1.807, 2.05) is 25.1 Å². The molecule has 0 saturated heterocycles. The molecule has 2 heterocycles. The van der Waals surface area contributed by atoms with Gasteiger partial charge in [-0.25, -0.2) is 4.79 Å². The van der Waals surface area contributed by atoms with E-state index in [2.05, 4.69) is 26.2 Å². The van der Waals surface area contributed by atoms with Gasteiger partial charge in [-0.05, 0) is 19.4 Å². The molecule has 0 unspecified atom stereocenters. The van der Waals surface area contributed by atoms with E-state index >= 15 is 0 Å². The molecule has 7 nitrogen and oxygen atoms in total. The number of aromatic nitrogens is 4. The topological polar surface area (TPSA) is 105 Å². The van der Waals surface area contributed by atoms with Crippen LogP contribution in [-0.2, 0) is 12.2 Å². The first-order valence-corrected chi connectivity index (χ1v) is 8.32. The zero-order valence-electron chi connectivity index (χ0n) is 13.3. The summed E-state index contributed by atoms with van der Waals surface area (Å²) in [5.74, 6) is 1.06. The van der Waals surface area contributed by atoms with E-state index in [9.17, 15) is 9.59 Å². The largest absolute Gasteiger partial charge is 0.416 e. The van der Waals surface area contributed by atoms with Crippen LogP contribution in [0.25, 0.3) is 0 Å². The van der Waals surface area contributed by atoms with Crippen LogP contribution in [0.2, 0.25) is 0 Å². The first-order valence-electron chi connectivity index (χ1n) is 7.34. The predicted octanol–water partition coefficient (Wildman–Crippen LogP) is 1.95. The molecule has 0 fully saturated rings. The van der Waals surface area contributed by atoms with Gasteiger partial charge in [0, 0.05) is 17.0 Å². The lowest BCUT2D eigenvalue weighted by Crippen LogP contribution is -2.27. The van der Waals surface area contributed by atoms with Crippen molar-refractivity contribution in [2.24, 2.45) is 0 Å².